The van der Waals surface area contributed by atoms with Gasteiger partial charge in [-0.2, -0.15) is 0 Å². The Morgan fingerprint density at radius 1 is 1.39 bits per heavy atom. The Morgan fingerprint density at radius 2 is 2.00 bits per heavy atom. The molecule has 1 aromatic carbocycles. The smallest absolute Gasteiger partial charge is 0.337 e. The molecule has 0 aromatic heterocycles. The zero-order valence-corrected chi connectivity index (χ0v) is 11.4. The lowest BCUT2D eigenvalue weighted by atomic mass is 10.0. The van der Waals surface area contributed by atoms with Gasteiger partial charge in [-0.25, -0.2) is 4.79 Å². The first kappa shape index (κ1) is 13.2. The van der Waals surface area contributed by atoms with Crippen molar-refractivity contribution in [3.05, 3.63) is 21.7 Å². The number of aliphatic hydroxyl groups is 1. The van der Waals surface area contributed by atoms with Crippen molar-refractivity contribution < 1.29 is 24.5 Å². The fourth-order valence-corrected chi connectivity index (χ4v) is 2.39. The normalized spacial score (nSPS) is 15.9. The number of aliphatic hydroxyl groups excluding tert-OH is 1. The average molecular weight is 317 g/mol. The van der Waals surface area contributed by atoms with Gasteiger partial charge in [-0.15, -0.1) is 0 Å². The molecule has 18 heavy (non-hydrogen) atoms. The Kier molecular flexibility index (Phi) is 3.77. The van der Waals surface area contributed by atoms with Crippen LogP contribution in [-0.4, -0.2) is 29.4 Å². The third-order valence-corrected chi connectivity index (χ3v) is 3.38. The van der Waals surface area contributed by atoms with Gasteiger partial charge >= 0.3 is 5.97 Å². The standard InChI is InChI=1S/C12H13BrO5/c1-6-7(9(14)12(15)16)5-8(13)11-10(6)17-3-2-4-18-11/h5,9,14H,2-4H2,1H3,(H,15,16). The van der Waals surface area contributed by atoms with Crippen LogP contribution in [0, 0.1) is 6.92 Å². The highest BCUT2D eigenvalue weighted by molar-refractivity contribution is 9.10. The SMILES string of the molecule is Cc1c(C(O)C(=O)O)cc(Br)c2c1OCCCO2. The first-order valence-corrected chi connectivity index (χ1v) is 6.31. The van der Waals surface area contributed by atoms with Crippen LogP contribution in [0.5, 0.6) is 11.5 Å². The number of fused-ring (bicyclic) bond motifs is 1. The number of hydrogen-bond donors (Lipinski definition) is 2. The van der Waals surface area contributed by atoms with Crippen LogP contribution in [-0.2, 0) is 4.79 Å². The largest absolute Gasteiger partial charge is 0.489 e. The minimum atomic E-state index is -1.57. The minimum absolute atomic E-state index is 0.304. The van der Waals surface area contributed by atoms with E-state index in [0.29, 0.717) is 40.3 Å². The van der Waals surface area contributed by atoms with E-state index in [1.807, 2.05) is 0 Å². The second-order valence-electron chi connectivity index (χ2n) is 4.02. The molecule has 1 atom stereocenters. The molecule has 2 N–H and O–H groups in total. The zero-order valence-electron chi connectivity index (χ0n) is 9.77. The first-order valence-electron chi connectivity index (χ1n) is 5.52. The molecule has 1 aliphatic heterocycles. The molecule has 0 spiro atoms. The number of carboxylic acid groups (broad SMARTS) is 1. The van der Waals surface area contributed by atoms with E-state index < -0.39 is 12.1 Å². The van der Waals surface area contributed by atoms with Crippen molar-refractivity contribution in [2.24, 2.45) is 0 Å². The molecule has 0 radical (unpaired) electrons. The first-order chi connectivity index (χ1) is 8.52. The molecule has 1 aromatic rings. The predicted molar refractivity (Wildman–Crippen MR) is 67.1 cm³/mol. The molecular formula is C12H13BrO5. The quantitative estimate of drug-likeness (QED) is 0.873. The Balaban J connectivity index is 2.55. The van der Waals surface area contributed by atoms with E-state index in [1.54, 1.807) is 13.0 Å². The number of aliphatic carboxylic acids is 1. The minimum Gasteiger partial charge on any atom is -0.489 e. The highest BCUT2D eigenvalue weighted by Crippen LogP contribution is 2.42. The monoisotopic (exact) mass is 316 g/mol. The van der Waals surface area contributed by atoms with Gasteiger partial charge in [0.05, 0.1) is 17.7 Å². The van der Waals surface area contributed by atoms with Crippen LogP contribution in [0.4, 0.5) is 0 Å². The van der Waals surface area contributed by atoms with Gasteiger partial charge in [0, 0.05) is 12.0 Å². The summed E-state index contributed by atoms with van der Waals surface area (Å²) in [5.41, 5.74) is 0.892. The van der Waals surface area contributed by atoms with Gasteiger partial charge in [-0.1, -0.05) is 0 Å². The van der Waals surface area contributed by atoms with E-state index in [4.69, 9.17) is 14.6 Å². The molecule has 5 nitrogen and oxygen atoms in total. The number of rotatable bonds is 2. The van der Waals surface area contributed by atoms with Crippen LogP contribution in [0.1, 0.15) is 23.7 Å². The molecule has 0 amide bonds. The Hall–Kier alpha value is -1.27. The van der Waals surface area contributed by atoms with Gasteiger partial charge in [-0.3, -0.25) is 0 Å². The summed E-state index contributed by atoms with van der Waals surface area (Å²) >= 11 is 3.31. The summed E-state index contributed by atoms with van der Waals surface area (Å²) in [5, 5.41) is 18.5. The summed E-state index contributed by atoms with van der Waals surface area (Å²) in [6.45, 7) is 2.76. The van der Waals surface area contributed by atoms with E-state index in [0.717, 1.165) is 6.42 Å². The third-order valence-electron chi connectivity index (χ3n) is 2.79. The van der Waals surface area contributed by atoms with Gasteiger partial charge in [-0.05, 0) is 34.5 Å². The molecule has 1 heterocycles. The summed E-state index contributed by atoms with van der Waals surface area (Å²) in [6.07, 6.45) is -0.810. The van der Waals surface area contributed by atoms with Crippen molar-refractivity contribution in [3.63, 3.8) is 0 Å². The van der Waals surface area contributed by atoms with Crippen molar-refractivity contribution in [2.75, 3.05) is 13.2 Å². The summed E-state index contributed by atoms with van der Waals surface area (Å²) in [7, 11) is 0. The summed E-state index contributed by atoms with van der Waals surface area (Å²) in [5.74, 6) is -0.233. The van der Waals surface area contributed by atoms with Gasteiger partial charge in [0.2, 0.25) is 0 Å². The lowest BCUT2D eigenvalue weighted by molar-refractivity contribution is -0.147. The maximum absolute atomic E-state index is 10.9. The van der Waals surface area contributed by atoms with Gasteiger partial charge in [0.25, 0.3) is 0 Å². The lowest BCUT2D eigenvalue weighted by Crippen LogP contribution is -2.13. The van der Waals surface area contributed by atoms with Crippen LogP contribution in [0.25, 0.3) is 0 Å². The van der Waals surface area contributed by atoms with E-state index in [2.05, 4.69) is 15.9 Å². The van der Waals surface area contributed by atoms with Crippen LogP contribution >= 0.6 is 15.9 Å². The zero-order chi connectivity index (χ0) is 13.3. The molecule has 1 aliphatic rings. The number of halogens is 1. The van der Waals surface area contributed by atoms with Crippen LogP contribution in [0.15, 0.2) is 10.5 Å². The number of ether oxygens (including phenoxy) is 2. The predicted octanol–water partition coefficient (Wildman–Crippen LogP) is 2.04. The molecular weight excluding hydrogens is 304 g/mol. The molecule has 0 bridgehead atoms. The molecule has 0 aliphatic carbocycles. The Morgan fingerprint density at radius 3 is 2.61 bits per heavy atom. The summed E-state index contributed by atoms with van der Waals surface area (Å²) < 4.78 is 11.7. The molecule has 6 heteroatoms. The molecule has 1 unspecified atom stereocenters. The van der Waals surface area contributed by atoms with Crippen molar-refractivity contribution in [3.8, 4) is 11.5 Å². The number of carboxylic acids is 1. The van der Waals surface area contributed by atoms with E-state index in [-0.39, 0.29) is 0 Å². The van der Waals surface area contributed by atoms with Crippen molar-refractivity contribution in [1.82, 2.24) is 0 Å². The number of benzene rings is 1. The molecule has 0 saturated carbocycles. The summed E-state index contributed by atoms with van der Waals surface area (Å²) in [6, 6.07) is 1.56. The van der Waals surface area contributed by atoms with E-state index in [9.17, 15) is 9.90 Å². The van der Waals surface area contributed by atoms with Crippen LogP contribution in [0.2, 0.25) is 0 Å². The van der Waals surface area contributed by atoms with Crippen molar-refractivity contribution in [1.29, 1.82) is 0 Å². The molecule has 98 valence electrons. The van der Waals surface area contributed by atoms with Gasteiger partial charge in [0.1, 0.15) is 0 Å². The summed E-state index contributed by atoms with van der Waals surface area (Å²) in [4.78, 5) is 10.9. The van der Waals surface area contributed by atoms with Crippen molar-refractivity contribution in [2.45, 2.75) is 19.4 Å². The maximum atomic E-state index is 10.9. The van der Waals surface area contributed by atoms with Crippen LogP contribution < -0.4 is 9.47 Å². The molecule has 2 rings (SSSR count). The fraction of sp³-hybridized carbons (Fsp3) is 0.417. The second-order valence-corrected chi connectivity index (χ2v) is 4.88. The topological polar surface area (TPSA) is 76.0 Å². The maximum Gasteiger partial charge on any atom is 0.337 e. The molecule has 0 fully saturated rings. The van der Waals surface area contributed by atoms with E-state index >= 15 is 0 Å². The highest BCUT2D eigenvalue weighted by Gasteiger charge is 2.25. The van der Waals surface area contributed by atoms with Crippen molar-refractivity contribution >= 4 is 21.9 Å². The average Bonchev–Trinajstić information content (AvgIpc) is 2.58. The van der Waals surface area contributed by atoms with Crippen LogP contribution in [0.3, 0.4) is 0 Å². The lowest BCUT2D eigenvalue weighted by Gasteiger charge is -2.17. The highest BCUT2D eigenvalue weighted by atomic mass is 79.9. The van der Waals surface area contributed by atoms with Gasteiger partial charge in [0.15, 0.2) is 17.6 Å². The van der Waals surface area contributed by atoms with E-state index in [1.165, 1.54) is 0 Å². The Labute approximate surface area is 112 Å². The van der Waals surface area contributed by atoms with Gasteiger partial charge < -0.3 is 19.7 Å². The number of carbonyl (C=O) groups is 1. The second kappa shape index (κ2) is 5.16. The molecule has 0 saturated heterocycles. The third kappa shape index (κ3) is 2.30. The Bertz CT molecular complexity index is 486. The fourth-order valence-electron chi connectivity index (χ4n) is 1.85. The number of hydrogen-bond acceptors (Lipinski definition) is 4.